The number of carbonyl (C=O) groups is 1. The molecule has 1 aliphatic rings. The highest BCUT2D eigenvalue weighted by atomic mass is 35.5. The number of hydrogen-bond acceptors (Lipinski definition) is 4. The Bertz CT molecular complexity index is 1080. The number of aromatic amines is 1. The second-order valence-corrected chi connectivity index (χ2v) is 7.52. The van der Waals surface area contributed by atoms with Gasteiger partial charge < -0.3 is 9.88 Å². The number of nitrogens with zero attached hydrogens (tertiary/aromatic N) is 4. The number of rotatable bonds is 5. The van der Waals surface area contributed by atoms with Crippen molar-refractivity contribution >= 4 is 23.2 Å². The fourth-order valence-electron chi connectivity index (χ4n) is 3.68. The molecule has 6 nitrogen and oxygen atoms in total. The third kappa shape index (κ3) is 4.20. The van der Waals surface area contributed by atoms with Crippen LogP contribution in [-0.2, 0) is 11.2 Å². The second kappa shape index (κ2) is 8.66. The van der Waals surface area contributed by atoms with Gasteiger partial charge in [0, 0.05) is 31.2 Å². The third-order valence-electron chi connectivity index (χ3n) is 5.25. The fraction of sp³-hybridized carbons (Fsp3) is 0.227. The van der Waals surface area contributed by atoms with Gasteiger partial charge in [0.15, 0.2) is 0 Å². The zero-order valence-corrected chi connectivity index (χ0v) is 16.8. The number of amides is 1. The molecule has 1 atom stereocenters. The molecule has 1 N–H and O–H groups in total. The van der Waals surface area contributed by atoms with E-state index in [2.05, 4.69) is 20.9 Å². The van der Waals surface area contributed by atoms with Crippen molar-refractivity contribution in [3.05, 3.63) is 82.6 Å². The van der Waals surface area contributed by atoms with E-state index >= 15 is 0 Å². The lowest BCUT2D eigenvalue weighted by Crippen LogP contribution is -2.52. The topological polar surface area (TPSA) is 76.0 Å². The van der Waals surface area contributed by atoms with Gasteiger partial charge in [-0.15, -0.1) is 0 Å². The van der Waals surface area contributed by atoms with Gasteiger partial charge in [-0.05, 0) is 42.3 Å². The van der Waals surface area contributed by atoms with E-state index < -0.39 is 5.82 Å². The van der Waals surface area contributed by atoms with Gasteiger partial charge in [-0.1, -0.05) is 23.7 Å². The lowest BCUT2D eigenvalue weighted by molar-refractivity contribution is -0.122. The molecule has 1 fully saturated rings. The van der Waals surface area contributed by atoms with Crippen molar-refractivity contribution in [2.24, 2.45) is 0 Å². The monoisotopic (exact) mass is 423 g/mol. The largest absolute Gasteiger partial charge is 0.347 e. The molecule has 30 heavy (non-hydrogen) atoms. The highest BCUT2D eigenvalue weighted by Gasteiger charge is 2.32. The van der Waals surface area contributed by atoms with Crippen LogP contribution in [0.3, 0.4) is 0 Å². The van der Waals surface area contributed by atoms with E-state index in [9.17, 15) is 9.18 Å². The van der Waals surface area contributed by atoms with Crippen molar-refractivity contribution in [3.8, 4) is 6.07 Å². The molecule has 1 amide bonds. The van der Waals surface area contributed by atoms with E-state index in [1.807, 2.05) is 12.1 Å². The summed E-state index contributed by atoms with van der Waals surface area (Å²) >= 11 is 5.88. The molecule has 1 aromatic heterocycles. The first-order chi connectivity index (χ1) is 14.5. The Morgan fingerprint density at radius 3 is 2.67 bits per heavy atom. The number of aromatic nitrogens is 2. The summed E-state index contributed by atoms with van der Waals surface area (Å²) in [6, 6.07) is 13.7. The summed E-state index contributed by atoms with van der Waals surface area (Å²) in [6.45, 7) is 1.30. The molecule has 8 heteroatoms. The van der Waals surface area contributed by atoms with Gasteiger partial charge in [0.2, 0.25) is 5.91 Å². The van der Waals surface area contributed by atoms with Gasteiger partial charge in [-0.2, -0.15) is 5.26 Å². The molecule has 0 radical (unpaired) electrons. The molecule has 1 aliphatic heterocycles. The second-order valence-electron chi connectivity index (χ2n) is 7.12. The van der Waals surface area contributed by atoms with Crippen molar-refractivity contribution in [2.75, 3.05) is 24.5 Å². The summed E-state index contributed by atoms with van der Waals surface area (Å²) in [5, 5.41) is 9.00. The normalized spacial score (nSPS) is 15.8. The molecule has 1 unspecified atom stereocenters. The zero-order valence-electron chi connectivity index (χ0n) is 16.1. The van der Waals surface area contributed by atoms with Gasteiger partial charge in [-0.25, -0.2) is 9.37 Å². The highest BCUT2D eigenvalue weighted by Crippen LogP contribution is 2.28. The summed E-state index contributed by atoms with van der Waals surface area (Å²) in [4.78, 5) is 24.2. The summed E-state index contributed by atoms with van der Waals surface area (Å²) < 4.78 is 13.5. The minimum atomic E-state index is -0.508. The maximum atomic E-state index is 13.5. The van der Waals surface area contributed by atoms with Gasteiger partial charge in [-0.3, -0.25) is 9.69 Å². The van der Waals surface area contributed by atoms with Crippen molar-refractivity contribution in [3.63, 3.8) is 0 Å². The third-order valence-corrected chi connectivity index (χ3v) is 5.54. The van der Waals surface area contributed by atoms with Crippen LogP contribution in [0.2, 0.25) is 5.02 Å². The lowest BCUT2D eigenvalue weighted by atomic mass is 10.0. The molecule has 0 spiro atoms. The van der Waals surface area contributed by atoms with Crippen LogP contribution in [0.4, 0.5) is 10.1 Å². The molecule has 2 aromatic carbocycles. The highest BCUT2D eigenvalue weighted by molar-refractivity contribution is 6.31. The predicted molar refractivity (Wildman–Crippen MR) is 112 cm³/mol. The minimum absolute atomic E-state index is 0.00277. The Kier molecular flexibility index (Phi) is 5.79. The minimum Gasteiger partial charge on any atom is -0.347 e. The SMILES string of the molecule is N#Cc1ccc(CC(c2ncc[nH]2)N2CCN(c3ccc(F)c(Cl)c3)C(=O)C2)cc1. The van der Waals surface area contributed by atoms with Crippen LogP contribution in [-0.4, -0.2) is 40.4 Å². The van der Waals surface area contributed by atoms with Gasteiger partial charge in [0.05, 0.1) is 29.2 Å². The number of piperazine rings is 1. The number of H-pyrrole nitrogens is 1. The number of hydrogen-bond donors (Lipinski definition) is 1. The molecule has 0 bridgehead atoms. The van der Waals surface area contributed by atoms with Crippen molar-refractivity contribution in [1.29, 1.82) is 5.26 Å². The average molecular weight is 424 g/mol. The van der Waals surface area contributed by atoms with Crippen LogP contribution in [0.5, 0.6) is 0 Å². The molecule has 2 heterocycles. The maximum Gasteiger partial charge on any atom is 0.241 e. The molecule has 4 rings (SSSR count). The Balaban J connectivity index is 1.53. The zero-order chi connectivity index (χ0) is 21.1. The first-order valence-electron chi connectivity index (χ1n) is 9.53. The van der Waals surface area contributed by atoms with Crippen LogP contribution in [0, 0.1) is 17.1 Å². The van der Waals surface area contributed by atoms with Crippen LogP contribution in [0.25, 0.3) is 0 Å². The maximum absolute atomic E-state index is 13.5. The summed E-state index contributed by atoms with van der Waals surface area (Å²) in [5.41, 5.74) is 2.25. The Morgan fingerprint density at radius 1 is 1.23 bits per heavy atom. The van der Waals surface area contributed by atoms with E-state index in [0.29, 0.717) is 30.8 Å². The number of anilines is 1. The molecule has 0 aliphatic carbocycles. The number of carbonyl (C=O) groups excluding carboxylic acids is 1. The van der Waals surface area contributed by atoms with E-state index in [0.717, 1.165) is 11.4 Å². The molecule has 152 valence electrons. The van der Waals surface area contributed by atoms with E-state index in [1.165, 1.54) is 12.1 Å². The number of benzene rings is 2. The lowest BCUT2D eigenvalue weighted by Gasteiger charge is -2.38. The quantitative estimate of drug-likeness (QED) is 0.678. The van der Waals surface area contributed by atoms with Crippen LogP contribution < -0.4 is 4.90 Å². The molecular formula is C22H19ClFN5O. The predicted octanol–water partition coefficient (Wildman–Crippen LogP) is 3.71. The summed E-state index contributed by atoms with van der Waals surface area (Å²) in [5.74, 6) is 0.192. The van der Waals surface area contributed by atoms with Crippen molar-refractivity contribution in [2.45, 2.75) is 12.5 Å². The Morgan fingerprint density at radius 2 is 2.03 bits per heavy atom. The standard InChI is InChI=1S/C22H19ClFN5O/c23-18-12-17(5-6-19(18)24)29-10-9-28(14-21(29)30)20(22-26-7-8-27-22)11-15-1-3-16(13-25)4-2-15/h1-8,12,20H,9-11,14H2,(H,26,27). The van der Waals surface area contributed by atoms with Crippen molar-refractivity contribution in [1.82, 2.24) is 14.9 Å². The number of halogens is 2. The van der Waals surface area contributed by atoms with Gasteiger partial charge in [0.25, 0.3) is 0 Å². The molecule has 1 saturated heterocycles. The fourth-order valence-corrected chi connectivity index (χ4v) is 3.86. The number of imidazole rings is 1. The van der Waals surface area contributed by atoms with E-state index in [4.69, 9.17) is 16.9 Å². The molecule has 0 saturated carbocycles. The van der Waals surface area contributed by atoms with Gasteiger partial charge >= 0.3 is 0 Å². The van der Waals surface area contributed by atoms with Gasteiger partial charge in [0.1, 0.15) is 11.6 Å². The Hall–Kier alpha value is -3.21. The van der Waals surface area contributed by atoms with E-state index in [1.54, 1.807) is 35.5 Å². The van der Waals surface area contributed by atoms with E-state index in [-0.39, 0.29) is 23.5 Å². The van der Waals surface area contributed by atoms with Crippen LogP contribution >= 0.6 is 11.6 Å². The first-order valence-corrected chi connectivity index (χ1v) is 9.91. The molecular weight excluding hydrogens is 405 g/mol. The smallest absolute Gasteiger partial charge is 0.241 e. The van der Waals surface area contributed by atoms with Crippen LogP contribution in [0.1, 0.15) is 23.0 Å². The van der Waals surface area contributed by atoms with Crippen LogP contribution in [0.15, 0.2) is 54.9 Å². The average Bonchev–Trinajstić information content (AvgIpc) is 3.29. The number of nitrogens with one attached hydrogen (secondary N) is 1. The van der Waals surface area contributed by atoms with Crippen molar-refractivity contribution < 1.29 is 9.18 Å². The summed E-state index contributed by atoms with van der Waals surface area (Å²) in [7, 11) is 0. The first kappa shape index (κ1) is 20.1. The Labute approximate surface area is 178 Å². The molecule has 3 aromatic rings. The number of nitriles is 1. The summed E-state index contributed by atoms with van der Waals surface area (Å²) in [6.07, 6.45) is 4.11.